The molecule has 0 aromatic rings. The quantitative estimate of drug-likeness (QED) is 0.697. The highest BCUT2D eigenvalue weighted by atomic mass is 16.3. The van der Waals surface area contributed by atoms with Crippen LogP contribution in [0.1, 0.15) is 39.0 Å². The van der Waals surface area contributed by atoms with Gasteiger partial charge in [-0.2, -0.15) is 0 Å². The molecule has 2 aliphatic rings. The van der Waals surface area contributed by atoms with Crippen LogP contribution >= 0.6 is 0 Å². The minimum atomic E-state index is 0.259. The Morgan fingerprint density at radius 2 is 2.38 bits per heavy atom. The molecule has 4 atom stereocenters. The number of hydrogen-bond acceptors (Lipinski definition) is 2. The number of rotatable bonds is 3. The van der Waals surface area contributed by atoms with Gasteiger partial charge < -0.3 is 10.8 Å². The summed E-state index contributed by atoms with van der Waals surface area (Å²) in [5, 5.41) is 9.11. The predicted molar refractivity (Wildman–Crippen MR) is 53.2 cm³/mol. The van der Waals surface area contributed by atoms with Gasteiger partial charge in [0.05, 0.1) is 0 Å². The second-order valence-electron chi connectivity index (χ2n) is 4.99. The van der Waals surface area contributed by atoms with Crippen molar-refractivity contribution in [3.63, 3.8) is 0 Å². The fraction of sp³-hybridized carbons (Fsp3) is 1.00. The molecule has 76 valence electrons. The van der Waals surface area contributed by atoms with Crippen LogP contribution in [0.4, 0.5) is 0 Å². The van der Waals surface area contributed by atoms with Crippen LogP contribution in [0.5, 0.6) is 0 Å². The maximum Gasteiger partial charge on any atom is 0.0437 e. The molecule has 4 unspecified atom stereocenters. The number of hydrogen-bond donors (Lipinski definition) is 2. The Morgan fingerprint density at radius 3 is 3.00 bits per heavy atom. The summed E-state index contributed by atoms with van der Waals surface area (Å²) in [6.45, 7) is 2.43. The molecule has 2 nitrogen and oxygen atoms in total. The lowest BCUT2D eigenvalue weighted by Crippen LogP contribution is -2.44. The minimum absolute atomic E-state index is 0.259. The van der Waals surface area contributed by atoms with Gasteiger partial charge in [0.1, 0.15) is 0 Å². The molecule has 0 spiro atoms. The highest BCUT2D eigenvalue weighted by Crippen LogP contribution is 2.61. The van der Waals surface area contributed by atoms with E-state index < -0.39 is 0 Å². The van der Waals surface area contributed by atoms with Gasteiger partial charge in [-0.3, -0.25) is 0 Å². The minimum Gasteiger partial charge on any atom is -0.396 e. The van der Waals surface area contributed by atoms with Crippen LogP contribution in [0.2, 0.25) is 0 Å². The molecule has 0 aromatic heterocycles. The van der Waals surface area contributed by atoms with Crippen LogP contribution in [0, 0.1) is 17.3 Å². The Bertz CT molecular complexity index is 189. The molecule has 13 heavy (non-hydrogen) atoms. The molecule has 3 N–H and O–H groups in total. The SMILES string of the molecule is CC(N)C1(CCO)CCCC2CC21. The van der Waals surface area contributed by atoms with Crippen molar-refractivity contribution >= 4 is 0 Å². The van der Waals surface area contributed by atoms with E-state index in [2.05, 4.69) is 6.92 Å². The van der Waals surface area contributed by atoms with E-state index in [1.54, 1.807) is 0 Å². The molecule has 0 radical (unpaired) electrons. The predicted octanol–water partition coefficient (Wildman–Crippen LogP) is 1.52. The summed E-state index contributed by atoms with van der Waals surface area (Å²) in [7, 11) is 0. The average Bonchev–Trinajstić information content (AvgIpc) is 2.84. The lowest BCUT2D eigenvalue weighted by Gasteiger charge is -2.40. The third-order valence-corrected chi connectivity index (χ3v) is 4.36. The van der Waals surface area contributed by atoms with Crippen LogP contribution in [0.15, 0.2) is 0 Å². The maximum atomic E-state index is 9.11. The van der Waals surface area contributed by atoms with Gasteiger partial charge in [-0.25, -0.2) is 0 Å². The molecule has 2 fully saturated rings. The zero-order valence-electron chi connectivity index (χ0n) is 8.50. The van der Waals surface area contributed by atoms with E-state index in [0.717, 1.165) is 18.3 Å². The summed E-state index contributed by atoms with van der Waals surface area (Å²) in [6, 6.07) is 0.259. The molecular weight excluding hydrogens is 162 g/mol. The van der Waals surface area contributed by atoms with Gasteiger partial charge in [0.2, 0.25) is 0 Å². The lowest BCUT2D eigenvalue weighted by atomic mass is 9.67. The van der Waals surface area contributed by atoms with Crippen molar-refractivity contribution in [2.75, 3.05) is 6.61 Å². The fourth-order valence-electron chi connectivity index (χ4n) is 3.46. The highest BCUT2D eigenvalue weighted by Gasteiger charge is 2.55. The topological polar surface area (TPSA) is 46.2 Å². The van der Waals surface area contributed by atoms with E-state index in [9.17, 15) is 0 Å². The molecule has 2 heteroatoms. The lowest BCUT2D eigenvalue weighted by molar-refractivity contribution is 0.0881. The van der Waals surface area contributed by atoms with Crippen molar-refractivity contribution in [3.8, 4) is 0 Å². The van der Waals surface area contributed by atoms with E-state index in [4.69, 9.17) is 10.8 Å². The molecule has 2 rings (SSSR count). The van der Waals surface area contributed by atoms with Crippen molar-refractivity contribution in [3.05, 3.63) is 0 Å². The fourth-order valence-corrected chi connectivity index (χ4v) is 3.46. The number of fused-ring (bicyclic) bond motifs is 1. The van der Waals surface area contributed by atoms with E-state index >= 15 is 0 Å². The zero-order chi connectivity index (χ0) is 9.47. The number of aliphatic hydroxyl groups is 1. The molecule has 2 saturated carbocycles. The van der Waals surface area contributed by atoms with Gasteiger partial charge in [0.15, 0.2) is 0 Å². The van der Waals surface area contributed by atoms with Gasteiger partial charge in [-0.05, 0) is 43.4 Å². The molecule has 0 heterocycles. The van der Waals surface area contributed by atoms with E-state index in [1.165, 1.54) is 25.7 Å². The standard InChI is InChI=1S/C11H21NO/c1-8(12)11(5-6-13)4-2-3-9-7-10(9)11/h8-10,13H,2-7,12H2,1H3. The van der Waals surface area contributed by atoms with Crippen LogP contribution < -0.4 is 5.73 Å². The van der Waals surface area contributed by atoms with Gasteiger partial charge in [0, 0.05) is 12.6 Å². The highest BCUT2D eigenvalue weighted by molar-refractivity contribution is 5.06. The van der Waals surface area contributed by atoms with Crippen LogP contribution in [-0.2, 0) is 0 Å². The zero-order valence-corrected chi connectivity index (χ0v) is 8.50. The molecular formula is C11H21NO. The molecule has 0 aliphatic heterocycles. The molecule has 2 aliphatic carbocycles. The Kier molecular flexibility index (Phi) is 2.37. The molecule has 0 amide bonds. The molecule has 0 bridgehead atoms. The van der Waals surface area contributed by atoms with Crippen molar-refractivity contribution in [2.45, 2.75) is 45.1 Å². The summed E-state index contributed by atoms with van der Waals surface area (Å²) < 4.78 is 0. The van der Waals surface area contributed by atoms with Crippen LogP contribution in [0.25, 0.3) is 0 Å². The summed E-state index contributed by atoms with van der Waals surface area (Å²) in [6.07, 6.45) is 6.27. The van der Waals surface area contributed by atoms with E-state index in [1.807, 2.05) is 0 Å². The van der Waals surface area contributed by atoms with Crippen LogP contribution in [0.3, 0.4) is 0 Å². The smallest absolute Gasteiger partial charge is 0.0437 e. The van der Waals surface area contributed by atoms with Gasteiger partial charge in [-0.15, -0.1) is 0 Å². The average molecular weight is 183 g/mol. The first kappa shape index (κ1) is 9.47. The first-order valence-electron chi connectivity index (χ1n) is 5.57. The van der Waals surface area contributed by atoms with E-state index in [0.29, 0.717) is 6.61 Å². The van der Waals surface area contributed by atoms with E-state index in [-0.39, 0.29) is 11.5 Å². The number of aliphatic hydroxyl groups excluding tert-OH is 1. The summed E-state index contributed by atoms with van der Waals surface area (Å²) in [5.41, 5.74) is 6.38. The third-order valence-electron chi connectivity index (χ3n) is 4.36. The van der Waals surface area contributed by atoms with Gasteiger partial charge in [-0.1, -0.05) is 12.8 Å². The molecule has 0 saturated heterocycles. The molecule has 0 aromatic carbocycles. The first-order chi connectivity index (χ1) is 6.20. The second kappa shape index (κ2) is 3.25. The van der Waals surface area contributed by atoms with Crippen LogP contribution in [-0.4, -0.2) is 17.8 Å². The Labute approximate surface area is 80.5 Å². The second-order valence-corrected chi connectivity index (χ2v) is 4.99. The summed E-state index contributed by atoms with van der Waals surface area (Å²) in [4.78, 5) is 0. The maximum absolute atomic E-state index is 9.11. The first-order valence-corrected chi connectivity index (χ1v) is 5.57. The summed E-state index contributed by atoms with van der Waals surface area (Å²) in [5.74, 6) is 1.79. The van der Waals surface area contributed by atoms with Gasteiger partial charge >= 0.3 is 0 Å². The number of nitrogens with two attached hydrogens (primary N) is 1. The van der Waals surface area contributed by atoms with Gasteiger partial charge in [0.25, 0.3) is 0 Å². The Balaban J connectivity index is 2.11. The Hall–Kier alpha value is -0.0800. The van der Waals surface area contributed by atoms with Crippen molar-refractivity contribution in [1.82, 2.24) is 0 Å². The largest absolute Gasteiger partial charge is 0.396 e. The monoisotopic (exact) mass is 183 g/mol. The Morgan fingerprint density at radius 1 is 1.62 bits per heavy atom. The normalized spacial score (nSPS) is 45.5. The van der Waals surface area contributed by atoms with Crippen molar-refractivity contribution in [1.29, 1.82) is 0 Å². The van der Waals surface area contributed by atoms with Crippen molar-refractivity contribution < 1.29 is 5.11 Å². The van der Waals surface area contributed by atoms with Crippen molar-refractivity contribution in [2.24, 2.45) is 23.0 Å². The third kappa shape index (κ3) is 1.40. The summed E-state index contributed by atoms with van der Waals surface area (Å²) >= 11 is 0.